The molecule has 1 saturated heterocycles. The van der Waals surface area contributed by atoms with E-state index in [0.29, 0.717) is 6.61 Å². The molecular formula is C13H18O5. The predicted molar refractivity (Wildman–Crippen MR) is 63.8 cm³/mol. The number of aliphatic hydroxyl groups is 2. The van der Waals surface area contributed by atoms with Crippen LogP contribution in [0.4, 0.5) is 0 Å². The van der Waals surface area contributed by atoms with E-state index in [2.05, 4.69) is 0 Å². The smallest absolute Gasteiger partial charge is 0.184 e. The summed E-state index contributed by atoms with van der Waals surface area (Å²) >= 11 is 0. The molecule has 1 fully saturated rings. The Morgan fingerprint density at radius 1 is 1.22 bits per heavy atom. The van der Waals surface area contributed by atoms with E-state index in [1.54, 1.807) is 0 Å². The standard InChI is InChI=1S/C13H18O5/c1-16-12-11(10(7-14)18-13(12)15)17-8-9-5-3-2-4-6-9/h2-6,10-15H,7-8H2,1H3/t10-,11+,12-,13-/m1/s1. The molecule has 2 N–H and O–H groups in total. The van der Waals surface area contributed by atoms with Crippen molar-refractivity contribution in [2.45, 2.75) is 31.2 Å². The van der Waals surface area contributed by atoms with Gasteiger partial charge in [-0.05, 0) is 5.56 Å². The first-order valence-electron chi connectivity index (χ1n) is 5.89. The largest absolute Gasteiger partial charge is 0.394 e. The first-order chi connectivity index (χ1) is 8.76. The average Bonchev–Trinajstić information content (AvgIpc) is 2.73. The van der Waals surface area contributed by atoms with Crippen molar-refractivity contribution >= 4 is 0 Å². The molecule has 0 unspecified atom stereocenters. The lowest BCUT2D eigenvalue weighted by atomic mass is 10.1. The number of benzene rings is 1. The van der Waals surface area contributed by atoms with Crippen LogP contribution in [0.1, 0.15) is 5.56 Å². The van der Waals surface area contributed by atoms with Crippen LogP contribution in [-0.4, -0.2) is 48.5 Å². The van der Waals surface area contributed by atoms with E-state index in [-0.39, 0.29) is 6.61 Å². The minimum atomic E-state index is -1.06. The Kier molecular flexibility index (Phi) is 4.68. The van der Waals surface area contributed by atoms with E-state index in [4.69, 9.17) is 14.2 Å². The molecule has 1 heterocycles. The lowest BCUT2D eigenvalue weighted by Crippen LogP contribution is -2.38. The highest BCUT2D eigenvalue weighted by Crippen LogP contribution is 2.25. The van der Waals surface area contributed by atoms with E-state index in [1.165, 1.54) is 7.11 Å². The second-order valence-corrected chi connectivity index (χ2v) is 4.21. The maximum absolute atomic E-state index is 9.62. The van der Waals surface area contributed by atoms with Gasteiger partial charge in [0.25, 0.3) is 0 Å². The number of aliphatic hydroxyl groups excluding tert-OH is 2. The molecule has 100 valence electrons. The predicted octanol–water partition coefficient (Wildman–Crippen LogP) is 0.296. The van der Waals surface area contributed by atoms with E-state index in [9.17, 15) is 10.2 Å². The minimum absolute atomic E-state index is 0.212. The summed E-state index contributed by atoms with van der Waals surface area (Å²) in [7, 11) is 1.48. The second kappa shape index (κ2) is 6.26. The maximum atomic E-state index is 9.62. The quantitative estimate of drug-likeness (QED) is 0.791. The average molecular weight is 254 g/mol. The molecule has 0 bridgehead atoms. The lowest BCUT2D eigenvalue weighted by molar-refractivity contribution is -0.140. The van der Waals surface area contributed by atoms with Gasteiger partial charge in [0.1, 0.15) is 18.3 Å². The van der Waals surface area contributed by atoms with E-state index >= 15 is 0 Å². The van der Waals surface area contributed by atoms with Gasteiger partial charge in [-0.15, -0.1) is 0 Å². The van der Waals surface area contributed by atoms with Crippen LogP contribution < -0.4 is 0 Å². The molecule has 2 rings (SSSR count). The summed E-state index contributed by atoms with van der Waals surface area (Å²) in [5.41, 5.74) is 1.02. The Bertz CT molecular complexity index is 356. The van der Waals surface area contributed by atoms with Crippen LogP contribution in [0.2, 0.25) is 0 Å². The van der Waals surface area contributed by atoms with E-state index in [0.717, 1.165) is 5.56 Å². The zero-order valence-corrected chi connectivity index (χ0v) is 10.2. The third-order valence-corrected chi connectivity index (χ3v) is 3.02. The van der Waals surface area contributed by atoms with Crippen molar-refractivity contribution in [1.29, 1.82) is 0 Å². The summed E-state index contributed by atoms with van der Waals surface area (Å²) in [5, 5.41) is 18.8. The SMILES string of the molecule is CO[C@@H]1[C@@H](OCc2ccccc2)[C@@H](CO)O[C@H]1O. The molecule has 0 spiro atoms. The Morgan fingerprint density at radius 3 is 2.56 bits per heavy atom. The highest BCUT2D eigenvalue weighted by atomic mass is 16.7. The monoisotopic (exact) mass is 254 g/mol. The molecule has 1 aromatic rings. The van der Waals surface area contributed by atoms with Crippen molar-refractivity contribution in [3.63, 3.8) is 0 Å². The summed E-state index contributed by atoms with van der Waals surface area (Å²) < 4.78 is 16.0. The van der Waals surface area contributed by atoms with Crippen molar-refractivity contribution in [2.75, 3.05) is 13.7 Å². The Hall–Kier alpha value is -0.980. The molecule has 5 nitrogen and oxygen atoms in total. The van der Waals surface area contributed by atoms with E-state index in [1.807, 2.05) is 30.3 Å². The van der Waals surface area contributed by atoms with Crippen LogP contribution in [0.3, 0.4) is 0 Å². The molecular weight excluding hydrogens is 236 g/mol. The normalized spacial score (nSPS) is 31.7. The molecule has 4 atom stereocenters. The molecule has 1 aliphatic heterocycles. The van der Waals surface area contributed by atoms with Gasteiger partial charge in [0.15, 0.2) is 6.29 Å². The van der Waals surface area contributed by atoms with Gasteiger partial charge in [-0.25, -0.2) is 0 Å². The fourth-order valence-corrected chi connectivity index (χ4v) is 2.07. The second-order valence-electron chi connectivity index (χ2n) is 4.21. The van der Waals surface area contributed by atoms with Crippen molar-refractivity contribution < 1.29 is 24.4 Å². The molecule has 0 radical (unpaired) electrons. The maximum Gasteiger partial charge on any atom is 0.184 e. The molecule has 0 aromatic heterocycles. The molecule has 0 aliphatic carbocycles. The third-order valence-electron chi connectivity index (χ3n) is 3.02. The van der Waals surface area contributed by atoms with Crippen LogP contribution in [0.25, 0.3) is 0 Å². The van der Waals surface area contributed by atoms with Gasteiger partial charge in [-0.2, -0.15) is 0 Å². The van der Waals surface area contributed by atoms with Gasteiger partial charge < -0.3 is 24.4 Å². The molecule has 0 amide bonds. The highest BCUT2D eigenvalue weighted by Gasteiger charge is 2.44. The zero-order valence-electron chi connectivity index (χ0n) is 10.2. The topological polar surface area (TPSA) is 68.2 Å². The van der Waals surface area contributed by atoms with Crippen molar-refractivity contribution in [2.24, 2.45) is 0 Å². The van der Waals surface area contributed by atoms with Crippen LogP contribution in [0.5, 0.6) is 0 Å². The molecule has 5 heteroatoms. The van der Waals surface area contributed by atoms with Crippen molar-refractivity contribution in [3.8, 4) is 0 Å². The molecule has 0 saturated carbocycles. The summed E-state index contributed by atoms with van der Waals surface area (Å²) in [6.45, 7) is 0.175. The van der Waals surface area contributed by atoms with Gasteiger partial charge >= 0.3 is 0 Å². The van der Waals surface area contributed by atoms with Gasteiger partial charge in [-0.3, -0.25) is 0 Å². The first-order valence-corrected chi connectivity index (χ1v) is 5.89. The number of methoxy groups -OCH3 is 1. The number of rotatable bonds is 5. The fourth-order valence-electron chi connectivity index (χ4n) is 2.07. The molecule has 1 aromatic carbocycles. The molecule has 1 aliphatic rings. The highest BCUT2D eigenvalue weighted by molar-refractivity contribution is 5.13. The fraction of sp³-hybridized carbons (Fsp3) is 0.538. The number of hydrogen-bond donors (Lipinski definition) is 2. The summed E-state index contributed by atoms with van der Waals surface area (Å²) in [6, 6.07) is 9.68. The summed E-state index contributed by atoms with van der Waals surface area (Å²) in [5.74, 6) is 0. The van der Waals surface area contributed by atoms with Gasteiger partial charge in [-0.1, -0.05) is 30.3 Å². The van der Waals surface area contributed by atoms with Gasteiger partial charge in [0.05, 0.1) is 13.2 Å². The van der Waals surface area contributed by atoms with Gasteiger partial charge in [0, 0.05) is 7.11 Å². The van der Waals surface area contributed by atoms with Gasteiger partial charge in [0.2, 0.25) is 0 Å². The van der Waals surface area contributed by atoms with Crippen LogP contribution >= 0.6 is 0 Å². The Balaban J connectivity index is 1.97. The van der Waals surface area contributed by atoms with Crippen molar-refractivity contribution in [1.82, 2.24) is 0 Å². The van der Waals surface area contributed by atoms with Crippen molar-refractivity contribution in [3.05, 3.63) is 35.9 Å². The number of ether oxygens (including phenoxy) is 3. The Labute approximate surface area is 106 Å². The minimum Gasteiger partial charge on any atom is -0.394 e. The summed E-state index contributed by atoms with van der Waals surface area (Å²) in [6.07, 6.45) is -2.68. The molecule has 18 heavy (non-hydrogen) atoms. The van der Waals surface area contributed by atoms with Crippen LogP contribution in [0, 0.1) is 0 Å². The Morgan fingerprint density at radius 2 is 1.94 bits per heavy atom. The first kappa shape index (κ1) is 13.5. The lowest BCUT2D eigenvalue weighted by Gasteiger charge is -2.21. The van der Waals surface area contributed by atoms with E-state index < -0.39 is 24.6 Å². The third kappa shape index (κ3) is 2.88. The summed E-state index contributed by atoms with van der Waals surface area (Å²) in [4.78, 5) is 0. The number of hydrogen-bond acceptors (Lipinski definition) is 5. The van der Waals surface area contributed by atoms with Crippen LogP contribution in [0.15, 0.2) is 30.3 Å². The zero-order chi connectivity index (χ0) is 13.0. The van der Waals surface area contributed by atoms with Crippen LogP contribution in [-0.2, 0) is 20.8 Å².